The van der Waals surface area contributed by atoms with Gasteiger partial charge < -0.3 is 10.8 Å². The first kappa shape index (κ1) is 9.48. The molecule has 1 aliphatic rings. The number of nitrogens with two attached hydrogens (primary N) is 1. The van der Waals surface area contributed by atoms with Gasteiger partial charge in [0.05, 0.1) is 12.1 Å². The summed E-state index contributed by atoms with van der Waals surface area (Å²) in [6.07, 6.45) is 1.45. The van der Waals surface area contributed by atoms with Crippen LogP contribution < -0.4 is 5.73 Å². The quantitative estimate of drug-likeness (QED) is 0.397. The smallest absolute Gasteiger partial charge is 0.108 e. The van der Waals surface area contributed by atoms with Crippen LogP contribution in [-0.4, -0.2) is 41.1 Å². The van der Waals surface area contributed by atoms with Gasteiger partial charge in [-0.15, -0.1) is 0 Å². The summed E-state index contributed by atoms with van der Waals surface area (Å²) in [5.41, 5.74) is 5.38. The summed E-state index contributed by atoms with van der Waals surface area (Å²) in [6, 6.07) is 0.0255. The maximum Gasteiger partial charge on any atom is 0.108 e. The molecular weight excluding hydrogens is 154 g/mol. The van der Waals surface area contributed by atoms with Gasteiger partial charge in [-0.25, -0.2) is 0 Å². The third-order valence-corrected chi connectivity index (χ3v) is 2.50. The van der Waals surface area contributed by atoms with E-state index < -0.39 is 0 Å². The summed E-state index contributed by atoms with van der Waals surface area (Å²) in [7, 11) is 0. The van der Waals surface area contributed by atoms with Crippen LogP contribution in [0.25, 0.3) is 0 Å². The van der Waals surface area contributed by atoms with E-state index in [-0.39, 0.29) is 18.0 Å². The van der Waals surface area contributed by atoms with E-state index in [1.807, 2.05) is 6.92 Å². The monoisotopic (exact) mass is 171 g/mol. The maximum atomic E-state index is 9.24. The number of hydrogen-bond acceptors (Lipinski definition) is 3. The van der Waals surface area contributed by atoms with Gasteiger partial charge in [-0.3, -0.25) is 10.3 Å². The Kier molecular flexibility index (Phi) is 3.05. The van der Waals surface area contributed by atoms with Gasteiger partial charge in [-0.1, -0.05) is 0 Å². The van der Waals surface area contributed by atoms with Crippen LogP contribution in [0.15, 0.2) is 0 Å². The molecule has 4 N–H and O–H groups in total. The fourth-order valence-corrected chi connectivity index (χ4v) is 1.47. The first-order valence-electron chi connectivity index (χ1n) is 4.37. The van der Waals surface area contributed by atoms with Gasteiger partial charge in [0.25, 0.3) is 0 Å². The van der Waals surface area contributed by atoms with Gasteiger partial charge in [0.15, 0.2) is 0 Å². The lowest BCUT2D eigenvalue weighted by Gasteiger charge is -2.33. The zero-order valence-electron chi connectivity index (χ0n) is 7.45. The van der Waals surface area contributed by atoms with Crippen molar-refractivity contribution in [2.24, 2.45) is 5.73 Å². The second-order valence-corrected chi connectivity index (χ2v) is 3.40. The Bertz CT molecular complexity index is 164. The molecule has 0 aromatic rings. The lowest BCUT2D eigenvalue weighted by atomic mass is 10.1. The molecule has 4 nitrogen and oxygen atoms in total. The lowest BCUT2D eigenvalue weighted by Crippen LogP contribution is -2.47. The number of likely N-dealkylation sites (tertiary alicyclic amines) is 1. The van der Waals surface area contributed by atoms with Crippen LogP contribution in [0.2, 0.25) is 0 Å². The Labute approximate surface area is 72.9 Å². The SMILES string of the molecule is CC(C(=N)N)N1CCC(O)CC1. The van der Waals surface area contributed by atoms with E-state index in [4.69, 9.17) is 11.1 Å². The predicted octanol–water partition coefficient (Wildman–Crippen LogP) is -0.232. The molecule has 0 bridgehead atoms. The highest BCUT2D eigenvalue weighted by Gasteiger charge is 2.22. The molecule has 1 fully saturated rings. The Morgan fingerprint density at radius 2 is 2.08 bits per heavy atom. The van der Waals surface area contributed by atoms with Crippen molar-refractivity contribution in [1.29, 1.82) is 5.41 Å². The molecule has 1 saturated heterocycles. The van der Waals surface area contributed by atoms with Gasteiger partial charge in [-0.2, -0.15) is 0 Å². The minimum Gasteiger partial charge on any atom is -0.393 e. The molecule has 1 heterocycles. The van der Waals surface area contributed by atoms with E-state index in [1.165, 1.54) is 0 Å². The Hall–Kier alpha value is -0.610. The van der Waals surface area contributed by atoms with Crippen molar-refractivity contribution in [3.8, 4) is 0 Å². The molecule has 0 spiro atoms. The standard InChI is InChI=1S/C8H17N3O/c1-6(8(9)10)11-4-2-7(12)3-5-11/h6-7,12H,2-5H2,1H3,(H3,9,10). The Morgan fingerprint density at radius 1 is 1.58 bits per heavy atom. The van der Waals surface area contributed by atoms with Crippen molar-refractivity contribution in [2.75, 3.05) is 13.1 Å². The van der Waals surface area contributed by atoms with E-state index in [9.17, 15) is 5.11 Å². The fourth-order valence-electron chi connectivity index (χ4n) is 1.47. The number of aliphatic hydroxyl groups excluding tert-OH is 1. The van der Waals surface area contributed by atoms with Crippen LogP contribution in [0, 0.1) is 5.41 Å². The number of aliphatic hydroxyl groups is 1. The van der Waals surface area contributed by atoms with E-state index in [0.717, 1.165) is 25.9 Å². The normalized spacial score (nSPS) is 23.8. The topological polar surface area (TPSA) is 73.3 Å². The Balaban J connectivity index is 2.39. The molecule has 1 unspecified atom stereocenters. The van der Waals surface area contributed by atoms with Gasteiger partial charge >= 0.3 is 0 Å². The number of rotatable bonds is 2. The summed E-state index contributed by atoms with van der Waals surface area (Å²) in [6.45, 7) is 3.63. The second kappa shape index (κ2) is 3.87. The van der Waals surface area contributed by atoms with Gasteiger partial charge in [0.1, 0.15) is 5.84 Å². The molecule has 0 radical (unpaired) electrons. The van der Waals surface area contributed by atoms with Crippen molar-refractivity contribution in [2.45, 2.75) is 31.9 Å². The molecule has 12 heavy (non-hydrogen) atoms. The largest absolute Gasteiger partial charge is 0.393 e. The third-order valence-electron chi connectivity index (χ3n) is 2.50. The van der Waals surface area contributed by atoms with Crippen molar-refractivity contribution in [1.82, 2.24) is 4.90 Å². The molecule has 0 aromatic carbocycles. The van der Waals surface area contributed by atoms with Crippen LogP contribution in [0.5, 0.6) is 0 Å². The minimum atomic E-state index is -0.152. The minimum absolute atomic E-state index is 0.0255. The maximum absolute atomic E-state index is 9.24. The Morgan fingerprint density at radius 3 is 2.50 bits per heavy atom. The molecule has 0 saturated carbocycles. The lowest BCUT2D eigenvalue weighted by molar-refractivity contribution is 0.0764. The predicted molar refractivity (Wildman–Crippen MR) is 48.2 cm³/mol. The average molecular weight is 171 g/mol. The van der Waals surface area contributed by atoms with Crippen LogP contribution in [-0.2, 0) is 0 Å². The molecule has 0 aliphatic carbocycles. The van der Waals surface area contributed by atoms with Crippen molar-refractivity contribution in [3.63, 3.8) is 0 Å². The zero-order valence-corrected chi connectivity index (χ0v) is 7.45. The fraction of sp³-hybridized carbons (Fsp3) is 0.875. The third kappa shape index (κ3) is 2.19. The molecule has 1 atom stereocenters. The van der Waals surface area contributed by atoms with Gasteiger partial charge in [0.2, 0.25) is 0 Å². The van der Waals surface area contributed by atoms with Gasteiger partial charge in [0, 0.05) is 13.1 Å². The molecule has 0 amide bonds. The molecule has 4 heteroatoms. The van der Waals surface area contributed by atoms with Crippen LogP contribution in [0.3, 0.4) is 0 Å². The highest BCUT2D eigenvalue weighted by atomic mass is 16.3. The van der Waals surface area contributed by atoms with E-state index >= 15 is 0 Å². The summed E-state index contributed by atoms with van der Waals surface area (Å²) >= 11 is 0. The van der Waals surface area contributed by atoms with Crippen LogP contribution in [0.4, 0.5) is 0 Å². The number of amidine groups is 1. The van der Waals surface area contributed by atoms with Crippen molar-refractivity contribution >= 4 is 5.84 Å². The summed E-state index contributed by atoms with van der Waals surface area (Å²) in [5.74, 6) is 0.214. The van der Waals surface area contributed by atoms with E-state index in [0.29, 0.717) is 0 Å². The van der Waals surface area contributed by atoms with Crippen molar-refractivity contribution < 1.29 is 5.11 Å². The zero-order chi connectivity index (χ0) is 9.14. The van der Waals surface area contributed by atoms with Crippen LogP contribution in [0.1, 0.15) is 19.8 Å². The highest BCUT2D eigenvalue weighted by molar-refractivity contribution is 5.82. The summed E-state index contributed by atoms with van der Waals surface area (Å²) in [4.78, 5) is 2.13. The second-order valence-electron chi connectivity index (χ2n) is 3.40. The molecule has 1 aliphatic heterocycles. The average Bonchev–Trinajstić information content (AvgIpc) is 2.04. The summed E-state index contributed by atoms with van der Waals surface area (Å²) in [5, 5.41) is 16.5. The first-order valence-corrected chi connectivity index (χ1v) is 4.37. The number of hydrogen-bond donors (Lipinski definition) is 3. The molecular formula is C8H17N3O. The number of nitrogens with one attached hydrogen (secondary N) is 1. The summed E-state index contributed by atoms with van der Waals surface area (Å²) < 4.78 is 0. The van der Waals surface area contributed by atoms with Gasteiger partial charge in [-0.05, 0) is 19.8 Å². The van der Waals surface area contributed by atoms with E-state index in [2.05, 4.69) is 4.90 Å². The molecule has 70 valence electrons. The first-order chi connectivity index (χ1) is 5.61. The highest BCUT2D eigenvalue weighted by Crippen LogP contribution is 2.12. The molecule has 0 aromatic heterocycles. The number of nitrogens with zero attached hydrogens (tertiary/aromatic N) is 1. The van der Waals surface area contributed by atoms with Crippen LogP contribution >= 0.6 is 0 Å². The van der Waals surface area contributed by atoms with Crippen molar-refractivity contribution in [3.05, 3.63) is 0 Å². The van der Waals surface area contributed by atoms with E-state index in [1.54, 1.807) is 0 Å². The number of piperidine rings is 1. The molecule has 1 rings (SSSR count).